The Balaban J connectivity index is 1.22. The van der Waals surface area contributed by atoms with Gasteiger partial charge in [-0.3, -0.25) is 0 Å². The average Bonchev–Trinajstić information content (AvgIpc) is 3.19. The lowest BCUT2D eigenvalue weighted by atomic mass is 10.1. The molecule has 1 saturated carbocycles. The van der Waals surface area contributed by atoms with Gasteiger partial charge in [-0.1, -0.05) is 12.8 Å². The largest absolute Gasteiger partial charge is 0.377 e. The van der Waals surface area contributed by atoms with Gasteiger partial charge in [0, 0.05) is 26.2 Å². The highest BCUT2D eigenvalue weighted by Crippen LogP contribution is 2.25. The zero-order valence-corrected chi connectivity index (χ0v) is 13.3. The molecule has 0 spiro atoms. The third-order valence-corrected chi connectivity index (χ3v) is 5.10. The molecule has 2 saturated heterocycles. The molecule has 1 atom stereocenters. The van der Waals surface area contributed by atoms with Gasteiger partial charge in [-0.25, -0.2) is 0 Å². The Morgan fingerprint density at radius 1 is 0.905 bits per heavy atom. The van der Waals surface area contributed by atoms with Crippen LogP contribution in [-0.4, -0.2) is 62.7 Å². The predicted octanol–water partition coefficient (Wildman–Crippen LogP) is 2.61. The molecular formula is C17H31NO3. The van der Waals surface area contributed by atoms with E-state index in [2.05, 4.69) is 4.90 Å². The van der Waals surface area contributed by atoms with Gasteiger partial charge in [0.2, 0.25) is 0 Å². The highest BCUT2D eigenvalue weighted by Gasteiger charge is 2.24. The van der Waals surface area contributed by atoms with Crippen LogP contribution >= 0.6 is 0 Å². The van der Waals surface area contributed by atoms with Crippen LogP contribution in [0, 0.1) is 0 Å². The molecule has 2 aliphatic heterocycles. The normalized spacial score (nSPS) is 29.4. The molecule has 21 heavy (non-hydrogen) atoms. The molecule has 0 aromatic rings. The van der Waals surface area contributed by atoms with Gasteiger partial charge in [0.05, 0.1) is 31.5 Å². The first-order valence-corrected chi connectivity index (χ1v) is 8.97. The van der Waals surface area contributed by atoms with Gasteiger partial charge < -0.3 is 19.1 Å². The summed E-state index contributed by atoms with van der Waals surface area (Å²) in [6.07, 6.45) is 11.5. The van der Waals surface area contributed by atoms with Crippen LogP contribution in [0.2, 0.25) is 0 Å². The number of rotatable bonds is 7. The molecule has 0 amide bonds. The van der Waals surface area contributed by atoms with Gasteiger partial charge in [0.15, 0.2) is 0 Å². The Labute approximate surface area is 129 Å². The first-order valence-electron chi connectivity index (χ1n) is 8.97. The first kappa shape index (κ1) is 15.7. The first-order chi connectivity index (χ1) is 10.4. The summed E-state index contributed by atoms with van der Waals surface area (Å²) in [7, 11) is 0. The van der Waals surface area contributed by atoms with Crippen LogP contribution in [0.25, 0.3) is 0 Å². The number of likely N-dealkylation sites (tertiary alicyclic amines) is 1. The second-order valence-corrected chi connectivity index (χ2v) is 6.79. The zero-order chi connectivity index (χ0) is 14.3. The Hall–Kier alpha value is -0.160. The van der Waals surface area contributed by atoms with E-state index in [9.17, 15) is 0 Å². The summed E-state index contributed by atoms with van der Waals surface area (Å²) >= 11 is 0. The summed E-state index contributed by atoms with van der Waals surface area (Å²) in [5.74, 6) is 0. The Bertz CT molecular complexity index is 277. The molecule has 3 aliphatic rings. The molecule has 0 N–H and O–H groups in total. The quantitative estimate of drug-likeness (QED) is 0.676. The molecule has 0 aromatic carbocycles. The van der Waals surface area contributed by atoms with Crippen LogP contribution in [0.3, 0.4) is 0 Å². The van der Waals surface area contributed by atoms with E-state index in [0.717, 1.165) is 26.4 Å². The molecule has 4 nitrogen and oxygen atoms in total. The highest BCUT2D eigenvalue weighted by molar-refractivity contribution is 4.76. The number of ether oxygens (including phenoxy) is 3. The lowest BCUT2D eigenvalue weighted by Crippen LogP contribution is -2.40. The van der Waals surface area contributed by atoms with Crippen molar-refractivity contribution in [3.8, 4) is 0 Å². The molecule has 0 unspecified atom stereocenters. The van der Waals surface area contributed by atoms with E-state index in [0.29, 0.717) is 18.3 Å². The molecule has 0 bridgehead atoms. The van der Waals surface area contributed by atoms with Gasteiger partial charge in [0.1, 0.15) is 0 Å². The lowest BCUT2D eigenvalue weighted by Gasteiger charge is -2.33. The van der Waals surface area contributed by atoms with E-state index < -0.39 is 0 Å². The second kappa shape index (κ2) is 8.47. The molecular weight excluding hydrogens is 266 g/mol. The number of piperidine rings is 1. The van der Waals surface area contributed by atoms with E-state index in [1.54, 1.807) is 0 Å². The molecule has 1 aliphatic carbocycles. The smallest absolute Gasteiger partial charge is 0.0809 e. The minimum absolute atomic E-state index is 0.357. The summed E-state index contributed by atoms with van der Waals surface area (Å²) < 4.78 is 17.5. The third-order valence-electron chi connectivity index (χ3n) is 5.10. The number of hydrogen-bond acceptors (Lipinski definition) is 4. The van der Waals surface area contributed by atoms with Crippen molar-refractivity contribution in [2.45, 2.75) is 69.7 Å². The average molecular weight is 297 g/mol. The molecule has 3 fully saturated rings. The van der Waals surface area contributed by atoms with Crippen molar-refractivity contribution in [2.24, 2.45) is 0 Å². The summed E-state index contributed by atoms with van der Waals surface area (Å²) in [6, 6.07) is 0. The molecule has 4 heteroatoms. The second-order valence-electron chi connectivity index (χ2n) is 6.79. The fourth-order valence-electron chi connectivity index (χ4n) is 3.75. The summed E-state index contributed by atoms with van der Waals surface area (Å²) in [5.41, 5.74) is 0. The van der Waals surface area contributed by atoms with E-state index in [1.807, 2.05) is 0 Å². The highest BCUT2D eigenvalue weighted by atomic mass is 16.5. The van der Waals surface area contributed by atoms with Crippen molar-refractivity contribution in [3.63, 3.8) is 0 Å². The standard InChI is InChI=1S/C17H31NO3/c1-2-5-15(4-1)21-16-7-9-18(10-8-16)11-13-19-14-17-6-3-12-20-17/h15-17H,1-14H2/t17-/m0/s1. The Kier molecular flexibility index (Phi) is 6.34. The van der Waals surface area contributed by atoms with Crippen LogP contribution in [-0.2, 0) is 14.2 Å². The number of hydrogen-bond donors (Lipinski definition) is 0. The topological polar surface area (TPSA) is 30.9 Å². The SMILES string of the molecule is C1CCC(OC2CCN(CCOC[C@@H]3CCCO3)CC2)C1. The van der Waals surface area contributed by atoms with Crippen LogP contribution in [0.4, 0.5) is 0 Å². The molecule has 122 valence electrons. The minimum Gasteiger partial charge on any atom is -0.377 e. The van der Waals surface area contributed by atoms with Crippen LogP contribution in [0.15, 0.2) is 0 Å². The van der Waals surface area contributed by atoms with E-state index >= 15 is 0 Å². The van der Waals surface area contributed by atoms with E-state index in [-0.39, 0.29) is 0 Å². The Morgan fingerprint density at radius 2 is 1.67 bits per heavy atom. The summed E-state index contributed by atoms with van der Waals surface area (Å²) in [4.78, 5) is 2.52. The van der Waals surface area contributed by atoms with Crippen molar-refractivity contribution in [1.29, 1.82) is 0 Å². The Morgan fingerprint density at radius 3 is 2.38 bits per heavy atom. The fourth-order valence-corrected chi connectivity index (χ4v) is 3.75. The van der Waals surface area contributed by atoms with Gasteiger partial charge in [0.25, 0.3) is 0 Å². The van der Waals surface area contributed by atoms with E-state index in [1.165, 1.54) is 64.5 Å². The molecule has 3 rings (SSSR count). The molecule has 0 aromatic heterocycles. The van der Waals surface area contributed by atoms with Gasteiger partial charge in [-0.05, 0) is 38.5 Å². The third kappa shape index (κ3) is 5.20. The van der Waals surface area contributed by atoms with Gasteiger partial charge in [-0.2, -0.15) is 0 Å². The van der Waals surface area contributed by atoms with E-state index in [4.69, 9.17) is 14.2 Å². The van der Waals surface area contributed by atoms with Gasteiger partial charge in [-0.15, -0.1) is 0 Å². The van der Waals surface area contributed by atoms with Crippen molar-refractivity contribution in [1.82, 2.24) is 4.90 Å². The monoisotopic (exact) mass is 297 g/mol. The molecule has 2 heterocycles. The van der Waals surface area contributed by atoms with Crippen molar-refractivity contribution in [3.05, 3.63) is 0 Å². The summed E-state index contributed by atoms with van der Waals surface area (Å²) in [5, 5.41) is 0. The van der Waals surface area contributed by atoms with Crippen LogP contribution in [0.5, 0.6) is 0 Å². The maximum absolute atomic E-state index is 6.22. The fraction of sp³-hybridized carbons (Fsp3) is 1.00. The molecule has 0 radical (unpaired) electrons. The maximum atomic E-state index is 6.22. The maximum Gasteiger partial charge on any atom is 0.0809 e. The van der Waals surface area contributed by atoms with Crippen molar-refractivity contribution < 1.29 is 14.2 Å². The van der Waals surface area contributed by atoms with Crippen molar-refractivity contribution >= 4 is 0 Å². The predicted molar refractivity (Wildman–Crippen MR) is 82.6 cm³/mol. The van der Waals surface area contributed by atoms with Gasteiger partial charge >= 0.3 is 0 Å². The zero-order valence-electron chi connectivity index (χ0n) is 13.3. The number of nitrogens with zero attached hydrogens (tertiary/aromatic N) is 1. The lowest BCUT2D eigenvalue weighted by molar-refractivity contribution is -0.0439. The minimum atomic E-state index is 0.357. The summed E-state index contributed by atoms with van der Waals surface area (Å²) in [6.45, 7) is 5.93. The van der Waals surface area contributed by atoms with Crippen molar-refractivity contribution in [2.75, 3.05) is 39.5 Å². The van der Waals surface area contributed by atoms with Crippen LogP contribution in [0.1, 0.15) is 51.4 Å². The van der Waals surface area contributed by atoms with Crippen LogP contribution < -0.4 is 0 Å².